The minimum absolute atomic E-state index is 0.429. The number of hydrogen-bond donors (Lipinski definition) is 2. The molecule has 0 bridgehead atoms. The molecule has 0 aliphatic heterocycles. The fourth-order valence-electron chi connectivity index (χ4n) is 2.98. The summed E-state index contributed by atoms with van der Waals surface area (Å²) < 4.78 is 3.68. The number of halogens is 1. The van der Waals surface area contributed by atoms with Gasteiger partial charge in [-0.05, 0) is 36.3 Å². The van der Waals surface area contributed by atoms with Crippen molar-refractivity contribution in [1.82, 2.24) is 19.6 Å². The first-order chi connectivity index (χ1) is 14.5. The van der Waals surface area contributed by atoms with Crippen molar-refractivity contribution in [2.75, 3.05) is 10.6 Å². The van der Waals surface area contributed by atoms with E-state index in [-0.39, 0.29) is 0 Å². The van der Waals surface area contributed by atoms with Crippen LogP contribution in [-0.4, -0.2) is 24.7 Å². The summed E-state index contributed by atoms with van der Waals surface area (Å²) in [6.45, 7) is 3.37. The Hall–Kier alpha value is -3.16. The lowest BCUT2D eigenvalue weighted by Gasteiger charge is -2.07. The van der Waals surface area contributed by atoms with Crippen LogP contribution in [0.3, 0.4) is 0 Å². The lowest BCUT2D eigenvalue weighted by molar-refractivity contribution is 0.689. The van der Waals surface area contributed by atoms with Crippen molar-refractivity contribution in [3.63, 3.8) is 0 Å². The molecule has 0 radical (unpaired) electrons. The highest BCUT2D eigenvalue weighted by molar-refractivity contribution is 7.80. The molecule has 6 nitrogen and oxygen atoms in total. The molecule has 0 saturated heterocycles. The van der Waals surface area contributed by atoms with Gasteiger partial charge in [-0.3, -0.25) is 9.36 Å². The highest BCUT2D eigenvalue weighted by Crippen LogP contribution is 2.16. The fourth-order valence-corrected chi connectivity index (χ4v) is 3.38. The predicted octanol–water partition coefficient (Wildman–Crippen LogP) is 4.95. The van der Waals surface area contributed by atoms with Gasteiger partial charge in [-0.1, -0.05) is 59.6 Å². The van der Waals surface area contributed by atoms with Gasteiger partial charge in [0.25, 0.3) is 0 Å². The number of benzene rings is 2. The molecular formula is C22H21ClN6S. The third-order valence-corrected chi connectivity index (χ3v) is 5.09. The van der Waals surface area contributed by atoms with E-state index in [9.17, 15) is 0 Å². The van der Waals surface area contributed by atoms with E-state index >= 15 is 0 Å². The Morgan fingerprint density at radius 2 is 1.47 bits per heavy atom. The zero-order valence-electron chi connectivity index (χ0n) is 16.4. The monoisotopic (exact) mass is 436 g/mol. The zero-order chi connectivity index (χ0) is 20.9. The number of rotatable bonds is 6. The summed E-state index contributed by atoms with van der Waals surface area (Å²) in [6, 6.07) is 19.9. The fraction of sp³-hybridized carbons (Fsp3) is 0.136. The molecule has 4 rings (SSSR count). The van der Waals surface area contributed by atoms with Crippen molar-refractivity contribution < 1.29 is 0 Å². The Labute approximate surface area is 185 Å². The highest BCUT2D eigenvalue weighted by Gasteiger charge is 2.06. The topological polar surface area (TPSA) is 59.7 Å². The molecule has 30 heavy (non-hydrogen) atoms. The summed E-state index contributed by atoms with van der Waals surface area (Å²) in [6.07, 6.45) is 3.80. The molecule has 2 aromatic carbocycles. The quantitative estimate of drug-likeness (QED) is 0.419. The van der Waals surface area contributed by atoms with Gasteiger partial charge in [-0.15, -0.1) is 0 Å². The number of anilines is 2. The van der Waals surface area contributed by atoms with Crippen LogP contribution in [0.2, 0.25) is 5.02 Å². The van der Waals surface area contributed by atoms with Crippen LogP contribution in [0.1, 0.15) is 16.7 Å². The van der Waals surface area contributed by atoms with Gasteiger partial charge in [0.1, 0.15) is 0 Å². The first-order valence-corrected chi connectivity index (χ1v) is 10.3. The minimum atomic E-state index is 0.429. The van der Waals surface area contributed by atoms with Crippen LogP contribution in [-0.2, 0) is 13.1 Å². The molecule has 0 atom stereocenters. The summed E-state index contributed by atoms with van der Waals surface area (Å²) in [5.41, 5.74) is 3.45. The molecule has 8 heteroatoms. The average molecular weight is 437 g/mol. The van der Waals surface area contributed by atoms with Crippen molar-refractivity contribution in [2.24, 2.45) is 0 Å². The third kappa shape index (κ3) is 5.25. The molecule has 2 N–H and O–H groups in total. The zero-order valence-corrected chi connectivity index (χ0v) is 18.0. The van der Waals surface area contributed by atoms with Gasteiger partial charge in [0.15, 0.2) is 16.7 Å². The second kappa shape index (κ2) is 9.11. The van der Waals surface area contributed by atoms with Crippen LogP contribution in [0.15, 0.2) is 73.1 Å². The Morgan fingerprint density at radius 3 is 2.10 bits per heavy atom. The van der Waals surface area contributed by atoms with Crippen LogP contribution >= 0.6 is 23.8 Å². The van der Waals surface area contributed by atoms with Crippen LogP contribution in [0, 0.1) is 6.92 Å². The normalized spacial score (nSPS) is 10.7. The van der Waals surface area contributed by atoms with E-state index in [1.807, 2.05) is 58.2 Å². The van der Waals surface area contributed by atoms with Gasteiger partial charge >= 0.3 is 0 Å². The Morgan fingerprint density at radius 1 is 0.867 bits per heavy atom. The van der Waals surface area contributed by atoms with Crippen molar-refractivity contribution in [3.8, 4) is 0 Å². The van der Waals surface area contributed by atoms with E-state index in [0.717, 1.165) is 10.6 Å². The number of nitrogens with one attached hydrogen (secondary N) is 2. The maximum atomic E-state index is 6.22. The second-order valence-corrected chi connectivity index (χ2v) is 7.77. The molecule has 0 aliphatic carbocycles. The molecule has 152 valence electrons. The van der Waals surface area contributed by atoms with Gasteiger partial charge in [0.2, 0.25) is 0 Å². The van der Waals surface area contributed by atoms with E-state index in [0.29, 0.717) is 29.8 Å². The smallest absolute Gasteiger partial charge is 0.177 e. The highest BCUT2D eigenvalue weighted by atomic mass is 35.5. The summed E-state index contributed by atoms with van der Waals surface area (Å²) in [7, 11) is 0. The standard InChI is InChI=1S/C22H21ClN6S/c1-16-6-8-17(9-7-16)14-28-12-10-20(26-28)24-22(30)25-21-11-13-29(27-21)15-18-4-2-3-5-19(18)23/h2-13H,14-15H2,1H3,(H2,24,25,26,27,30). The Kier molecular flexibility index (Phi) is 6.11. The van der Waals surface area contributed by atoms with Crippen LogP contribution in [0.4, 0.5) is 11.6 Å². The Bertz CT molecular complexity index is 1150. The van der Waals surface area contributed by atoms with Crippen LogP contribution in [0.5, 0.6) is 0 Å². The van der Waals surface area contributed by atoms with Crippen molar-refractivity contribution in [1.29, 1.82) is 0 Å². The molecule has 0 amide bonds. The lowest BCUT2D eigenvalue weighted by atomic mass is 10.1. The first kappa shape index (κ1) is 20.1. The molecule has 0 spiro atoms. The molecule has 0 saturated carbocycles. The number of aromatic nitrogens is 4. The van der Waals surface area contributed by atoms with Crippen molar-refractivity contribution >= 4 is 40.6 Å². The van der Waals surface area contributed by atoms with E-state index < -0.39 is 0 Å². The molecule has 4 aromatic rings. The maximum absolute atomic E-state index is 6.22. The van der Waals surface area contributed by atoms with E-state index in [1.54, 1.807) is 0 Å². The molecule has 2 heterocycles. The van der Waals surface area contributed by atoms with Gasteiger partial charge in [0, 0.05) is 29.5 Å². The Balaban J connectivity index is 1.32. The SMILES string of the molecule is Cc1ccc(Cn2ccc(NC(=S)Nc3ccn(Cc4ccccc4Cl)n3)n2)cc1. The van der Waals surface area contributed by atoms with Gasteiger partial charge in [-0.2, -0.15) is 10.2 Å². The van der Waals surface area contributed by atoms with Gasteiger partial charge < -0.3 is 10.6 Å². The number of aryl methyl sites for hydroxylation is 1. The average Bonchev–Trinajstić information content (AvgIpc) is 3.35. The molecule has 0 fully saturated rings. The lowest BCUT2D eigenvalue weighted by Crippen LogP contribution is -2.20. The van der Waals surface area contributed by atoms with Gasteiger partial charge in [-0.25, -0.2) is 0 Å². The molecular weight excluding hydrogens is 416 g/mol. The second-order valence-electron chi connectivity index (χ2n) is 6.95. The molecule has 0 aliphatic rings. The third-order valence-electron chi connectivity index (χ3n) is 4.52. The molecule has 2 aromatic heterocycles. The summed E-state index contributed by atoms with van der Waals surface area (Å²) in [5.74, 6) is 1.33. The number of nitrogens with zero attached hydrogens (tertiary/aromatic N) is 4. The van der Waals surface area contributed by atoms with E-state index in [1.165, 1.54) is 11.1 Å². The van der Waals surface area contributed by atoms with Crippen LogP contribution < -0.4 is 10.6 Å². The van der Waals surface area contributed by atoms with Crippen LogP contribution in [0.25, 0.3) is 0 Å². The maximum Gasteiger partial charge on any atom is 0.177 e. The van der Waals surface area contributed by atoms with Crippen molar-refractivity contribution in [2.45, 2.75) is 20.0 Å². The summed E-state index contributed by atoms with van der Waals surface area (Å²) in [4.78, 5) is 0. The van der Waals surface area contributed by atoms with E-state index in [4.69, 9.17) is 23.8 Å². The van der Waals surface area contributed by atoms with Gasteiger partial charge in [0.05, 0.1) is 13.1 Å². The van der Waals surface area contributed by atoms with E-state index in [2.05, 4.69) is 52.0 Å². The number of thiocarbonyl (C=S) groups is 1. The summed E-state index contributed by atoms with van der Waals surface area (Å²) >= 11 is 11.6. The first-order valence-electron chi connectivity index (χ1n) is 9.49. The summed E-state index contributed by atoms with van der Waals surface area (Å²) in [5, 5.41) is 16.3. The molecule has 0 unspecified atom stereocenters. The van der Waals surface area contributed by atoms with Crippen molar-refractivity contribution in [3.05, 3.63) is 94.8 Å². The predicted molar refractivity (Wildman–Crippen MR) is 125 cm³/mol. The minimum Gasteiger partial charge on any atom is -0.316 e. The largest absolute Gasteiger partial charge is 0.316 e. The number of hydrogen-bond acceptors (Lipinski definition) is 3.